The van der Waals surface area contributed by atoms with Crippen LogP contribution in [-0.4, -0.2) is 48.0 Å². The molecule has 0 amide bonds. The van der Waals surface area contributed by atoms with Gasteiger partial charge < -0.3 is 24.6 Å². The maximum Gasteiger partial charge on any atom is 0.248 e. The molecule has 28 heavy (non-hydrogen) atoms. The largest absolute Gasteiger partial charge is 0.378 e. The Hall–Kier alpha value is -1.67. The lowest BCUT2D eigenvalue weighted by atomic mass is 9.58. The van der Waals surface area contributed by atoms with E-state index < -0.39 is 0 Å². The third-order valence-corrected chi connectivity index (χ3v) is 5.76. The Morgan fingerprint density at radius 2 is 2.00 bits per heavy atom. The predicted octanol–water partition coefficient (Wildman–Crippen LogP) is 3.21. The summed E-state index contributed by atoms with van der Waals surface area (Å²) < 4.78 is 16.8. The minimum Gasteiger partial charge on any atom is -0.378 e. The van der Waals surface area contributed by atoms with Gasteiger partial charge in [0.25, 0.3) is 0 Å². The highest BCUT2D eigenvalue weighted by Gasteiger charge is 2.53. The zero-order chi connectivity index (χ0) is 20.6. The minimum absolute atomic E-state index is 0.150. The fourth-order valence-electron chi connectivity index (χ4n) is 4.04. The van der Waals surface area contributed by atoms with E-state index in [0.717, 1.165) is 38.4 Å². The van der Waals surface area contributed by atoms with Crippen LogP contribution in [-0.2, 0) is 16.0 Å². The molecule has 8 heteroatoms. The number of guanidine groups is 1. The van der Waals surface area contributed by atoms with Crippen LogP contribution in [0.4, 0.5) is 0 Å². The van der Waals surface area contributed by atoms with Crippen molar-refractivity contribution in [1.82, 2.24) is 20.8 Å². The number of hydrogen-bond acceptors (Lipinski definition) is 6. The quantitative estimate of drug-likeness (QED) is 0.439. The molecule has 8 nitrogen and oxygen atoms in total. The first kappa shape index (κ1) is 22.6. The van der Waals surface area contributed by atoms with E-state index in [9.17, 15) is 0 Å². The van der Waals surface area contributed by atoms with Gasteiger partial charge in [-0.2, -0.15) is 4.98 Å². The van der Waals surface area contributed by atoms with Gasteiger partial charge in [-0.1, -0.05) is 19.0 Å². The molecule has 1 aromatic heterocycles. The van der Waals surface area contributed by atoms with E-state index in [2.05, 4.69) is 53.5 Å². The van der Waals surface area contributed by atoms with Crippen LogP contribution in [0.25, 0.3) is 0 Å². The number of ether oxygens (including phenoxy) is 2. The van der Waals surface area contributed by atoms with Crippen LogP contribution < -0.4 is 10.6 Å². The molecule has 1 aliphatic rings. The molecule has 0 radical (unpaired) electrons. The van der Waals surface area contributed by atoms with Crippen molar-refractivity contribution in [2.24, 2.45) is 10.4 Å². The maximum atomic E-state index is 5.98. The van der Waals surface area contributed by atoms with Gasteiger partial charge in [-0.3, -0.25) is 0 Å². The van der Waals surface area contributed by atoms with Crippen LogP contribution in [0.2, 0.25) is 0 Å². The van der Waals surface area contributed by atoms with Gasteiger partial charge in [-0.05, 0) is 47.0 Å². The van der Waals surface area contributed by atoms with Crippen molar-refractivity contribution < 1.29 is 14.0 Å². The van der Waals surface area contributed by atoms with Gasteiger partial charge in [0.1, 0.15) is 12.6 Å². The van der Waals surface area contributed by atoms with Crippen LogP contribution in [0.3, 0.4) is 0 Å². The number of nitrogens with one attached hydrogen (secondary N) is 2. The molecule has 0 aromatic carbocycles. The summed E-state index contributed by atoms with van der Waals surface area (Å²) in [5, 5.41) is 10.9. The molecule has 0 aliphatic heterocycles. The Bertz CT molecular complexity index is 615. The second-order valence-electron chi connectivity index (χ2n) is 7.16. The Kier molecular flexibility index (Phi) is 8.69. The summed E-state index contributed by atoms with van der Waals surface area (Å²) in [6, 6.07) is 0.341. The van der Waals surface area contributed by atoms with E-state index in [0.29, 0.717) is 37.0 Å². The summed E-state index contributed by atoms with van der Waals surface area (Å²) in [6.07, 6.45) is 3.28. The van der Waals surface area contributed by atoms with Crippen LogP contribution in [0.1, 0.15) is 78.6 Å². The number of aromatic nitrogens is 2. The fourth-order valence-corrected chi connectivity index (χ4v) is 4.04. The molecule has 1 heterocycles. The van der Waals surface area contributed by atoms with Crippen LogP contribution >= 0.6 is 0 Å². The molecule has 1 aliphatic carbocycles. The van der Waals surface area contributed by atoms with Crippen molar-refractivity contribution >= 4 is 5.96 Å². The number of rotatable bonds is 11. The summed E-state index contributed by atoms with van der Waals surface area (Å²) in [6.45, 7) is 14.9. The molecule has 0 bridgehead atoms. The summed E-state index contributed by atoms with van der Waals surface area (Å²) in [5.74, 6) is 1.81. The molecule has 2 rings (SSSR count). The van der Waals surface area contributed by atoms with Gasteiger partial charge in [0.05, 0.1) is 6.10 Å². The van der Waals surface area contributed by atoms with E-state index >= 15 is 0 Å². The number of nitrogens with zero attached hydrogens (tertiary/aromatic N) is 3. The molecule has 2 N–H and O–H groups in total. The number of aliphatic imine (C=N–C) groups is 1. The molecule has 0 saturated heterocycles. The molecule has 3 unspecified atom stereocenters. The third-order valence-electron chi connectivity index (χ3n) is 5.76. The number of hydrogen-bond donors (Lipinski definition) is 2. The predicted molar refractivity (Wildman–Crippen MR) is 109 cm³/mol. The van der Waals surface area contributed by atoms with Crippen LogP contribution in [0.5, 0.6) is 0 Å². The van der Waals surface area contributed by atoms with Gasteiger partial charge in [0.15, 0.2) is 11.8 Å². The van der Waals surface area contributed by atoms with E-state index in [1.54, 1.807) is 0 Å². The topological polar surface area (TPSA) is 93.8 Å². The normalized spacial score (nSPS) is 22.6. The Morgan fingerprint density at radius 3 is 2.61 bits per heavy atom. The zero-order valence-electron chi connectivity index (χ0n) is 18.2. The molecule has 0 spiro atoms. The SMILES string of the molecule is CCNC(=NCc1nc(C(C)OCC)no1)NC1CC(OCC)C1(CC)CC. The summed E-state index contributed by atoms with van der Waals surface area (Å²) in [7, 11) is 0. The Morgan fingerprint density at radius 1 is 1.25 bits per heavy atom. The highest BCUT2D eigenvalue weighted by molar-refractivity contribution is 5.80. The summed E-state index contributed by atoms with van der Waals surface area (Å²) >= 11 is 0. The average molecular weight is 396 g/mol. The molecular weight excluding hydrogens is 358 g/mol. The van der Waals surface area contributed by atoms with Gasteiger partial charge in [0, 0.05) is 31.2 Å². The molecule has 1 saturated carbocycles. The Balaban J connectivity index is 2.03. The van der Waals surface area contributed by atoms with Gasteiger partial charge in [-0.25, -0.2) is 4.99 Å². The lowest BCUT2D eigenvalue weighted by Crippen LogP contribution is -2.65. The average Bonchev–Trinajstić information content (AvgIpc) is 3.15. The van der Waals surface area contributed by atoms with E-state index in [1.807, 2.05) is 13.8 Å². The first-order valence-electron chi connectivity index (χ1n) is 10.6. The molecule has 3 atom stereocenters. The van der Waals surface area contributed by atoms with Crippen molar-refractivity contribution in [1.29, 1.82) is 0 Å². The first-order chi connectivity index (χ1) is 13.5. The van der Waals surface area contributed by atoms with Crippen LogP contribution in [0, 0.1) is 5.41 Å². The molecule has 1 fully saturated rings. The minimum atomic E-state index is -0.182. The summed E-state index contributed by atoms with van der Waals surface area (Å²) in [4.78, 5) is 9.03. The molecule has 160 valence electrons. The smallest absolute Gasteiger partial charge is 0.248 e. The van der Waals surface area contributed by atoms with Crippen molar-refractivity contribution in [2.45, 2.75) is 85.6 Å². The van der Waals surface area contributed by atoms with Crippen molar-refractivity contribution in [3.8, 4) is 0 Å². The van der Waals surface area contributed by atoms with E-state index in [4.69, 9.17) is 14.0 Å². The Labute approximate surface area is 168 Å². The highest BCUT2D eigenvalue weighted by atomic mass is 16.5. The van der Waals surface area contributed by atoms with E-state index in [-0.39, 0.29) is 11.5 Å². The van der Waals surface area contributed by atoms with Gasteiger partial charge >= 0.3 is 0 Å². The fraction of sp³-hybridized carbons (Fsp3) is 0.850. The summed E-state index contributed by atoms with van der Waals surface area (Å²) in [5.41, 5.74) is 0.150. The van der Waals surface area contributed by atoms with Crippen molar-refractivity contribution in [3.05, 3.63) is 11.7 Å². The second-order valence-corrected chi connectivity index (χ2v) is 7.16. The monoisotopic (exact) mass is 395 g/mol. The first-order valence-corrected chi connectivity index (χ1v) is 10.6. The second kappa shape index (κ2) is 10.8. The van der Waals surface area contributed by atoms with Crippen molar-refractivity contribution in [3.63, 3.8) is 0 Å². The van der Waals surface area contributed by atoms with Crippen molar-refractivity contribution in [2.75, 3.05) is 19.8 Å². The lowest BCUT2D eigenvalue weighted by molar-refractivity contribution is -0.133. The van der Waals surface area contributed by atoms with Gasteiger partial charge in [0.2, 0.25) is 5.89 Å². The molecule has 1 aromatic rings. The van der Waals surface area contributed by atoms with E-state index in [1.165, 1.54) is 0 Å². The lowest BCUT2D eigenvalue weighted by Gasteiger charge is -2.55. The van der Waals surface area contributed by atoms with Crippen LogP contribution in [0.15, 0.2) is 9.52 Å². The highest BCUT2D eigenvalue weighted by Crippen LogP contribution is 2.48. The maximum absolute atomic E-state index is 5.98. The molecular formula is C20H37N5O3. The zero-order valence-corrected chi connectivity index (χ0v) is 18.2. The van der Waals surface area contributed by atoms with Gasteiger partial charge in [-0.15, -0.1) is 0 Å². The standard InChI is InChI=1S/C20H37N5O3/c1-7-20(8-2)15(12-16(20)27-11-5)23-19(21-9-3)22-13-17-24-18(25-28-17)14(6)26-10-4/h14-16H,7-13H2,1-6H3,(H2,21,22,23). The third kappa shape index (κ3) is 5.03.